The number of carbonyl (C=O) groups is 1. The third-order valence-electron chi connectivity index (χ3n) is 4.26. The molecule has 0 aliphatic rings. The molecule has 8 heteroatoms. The number of rotatable bonds is 5. The number of thiophene rings is 1. The van der Waals surface area contributed by atoms with Gasteiger partial charge in [-0.1, -0.05) is 12.1 Å². The van der Waals surface area contributed by atoms with E-state index in [0.717, 1.165) is 36.4 Å². The Hall–Kier alpha value is -2.94. The van der Waals surface area contributed by atoms with Gasteiger partial charge in [-0.2, -0.15) is 0 Å². The Balaban J connectivity index is 1.27. The van der Waals surface area contributed by atoms with E-state index in [1.165, 1.54) is 22.7 Å². The monoisotopic (exact) mass is 434 g/mol. The minimum Gasteiger partial charge on any atom is -0.345 e. The van der Waals surface area contributed by atoms with Crippen molar-refractivity contribution in [3.63, 3.8) is 0 Å². The summed E-state index contributed by atoms with van der Waals surface area (Å²) in [4.78, 5) is 27.5. The van der Waals surface area contributed by atoms with Gasteiger partial charge >= 0.3 is 0 Å². The maximum atomic E-state index is 12.6. The van der Waals surface area contributed by atoms with Crippen molar-refractivity contribution in [2.24, 2.45) is 0 Å². The summed E-state index contributed by atoms with van der Waals surface area (Å²) in [5, 5.41) is 6.77. The summed E-state index contributed by atoms with van der Waals surface area (Å²) < 4.78 is 1.15. The van der Waals surface area contributed by atoms with E-state index in [0.29, 0.717) is 11.4 Å². The van der Waals surface area contributed by atoms with Crippen molar-refractivity contribution in [2.75, 3.05) is 0 Å². The molecule has 4 heterocycles. The molecule has 1 aromatic carbocycles. The van der Waals surface area contributed by atoms with Gasteiger partial charge in [0.25, 0.3) is 5.91 Å². The van der Waals surface area contributed by atoms with Crippen molar-refractivity contribution in [1.29, 1.82) is 0 Å². The molecule has 4 aromatic heterocycles. The van der Waals surface area contributed by atoms with Gasteiger partial charge in [0.05, 0.1) is 32.2 Å². The number of pyridine rings is 1. The first-order chi connectivity index (χ1) is 14.3. The molecule has 1 N–H and O–H groups in total. The fraction of sp³-hybridized carbons (Fsp3) is 0.0476. The molecule has 5 nitrogen and oxygen atoms in total. The Morgan fingerprint density at radius 1 is 0.966 bits per heavy atom. The molecule has 142 valence electrons. The number of amides is 1. The number of carbonyl (C=O) groups excluding carboxylic acids is 1. The standard InChI is InChI=1S/C21H14N4OS3/c26-20(23-11-19-24-15(12-27-19)13-7-9-22-10-8-13)17-5-6-18(28-17)21-25-14-3-1-2-4-16(14)29-21/h1-10,12H,11H2,(H,23,26). The van der Waals surface area contributed by atoms with Gasteiger partial charge in [-0.3, -0.25) is 9.78 Å². The summed E-state index contributed by atoms with van der Waals surface area (Å²) in [6, 6.07) is 15.7. The molecule has 1 amide bonds. The first-order valence-electron chi connectivity index (χ1n) is 8.85. The molecule has 5 rings (SSSR count). The first kappa shape index (κ1) is 18.1. The van der Waals surface area contributed by atoms with Crippen molar-refractivity contribution in [3.8, 4) is 21.1 Å². The number of thiazole rings is 2. The van der Waals surface area contributed by atoms with Crippen LogP contribution in [0.5, 0.6) is 0 Å². The van der Waals surface area contributed by atoms with E-state index in [1.54, 1.807) is 23.7 Å². The van der Waals surface area contributed by atoms with Gasteiger partial charge in [-0.15, -0.1) is 34.0 Å². The second-order valence-corrected chi connectivity index (χ2v) is 9.25. The van der Waals surface area contributed by atoms with Gasteiger partial charge < -0.3 is 5.32 Å². The molecule has 0 fully saturated rings. The van der Waals surface area contributed by atoms with E-state index in [1.807, 2.05) is 47.8 Å². The molecule has 0 spiro atoms. The zero-order valence-electron chi connectivity index (χ0n) is 15.0. The zero-order chi connectivity index (χ0) is 19.6. The number of nitrogens with one attached hydrogen (secondary N) is 1. The summed E-state index contributed by atoms with van der Waals surface area (Å²) in [5.74, 6) is -0.0944. The highest BCUT2D eigenvalue weighted by Gasteiger charge is 2.14. The maximum absolute atomic E-state index is 12.6. The first-order valence-corrected chi connectivity index (χ1v) is 11.4. The summed E-state index contributed by atoms with van der Waals surface area (Å²) >= 11 is 4.63. The van der Waals surface area contributed by atoms with Gasteiger partial charge in [0, 0.05) is 23.3 Å². The normalized spacial score (nSPS) is 11.0. The molecule has 0 unspecified atom stereocenters. The number of para-hydroxylation sites is 1. The average Bonchev–Trinajstić information content (AvgIpc) is 3.51. The van der Waals surface area contributed by atoms with Crippen LogP contribution in [0.2, 0.25) is 0 Å². The van der Waals surface area contributed by atoms with Crippen LogP contribution in [0.3, 0.4) is 0 Å². The Bertz CT molecular complexity index is 1260. The predicted octanol–water partition coefficient (Wildman–Crippen LogP) is 5.47. The van der Waals surface area contributed by atoms with Gasteiger partial charge in [-0.05, 0) is 36.4 Å². The largest absolute Gasteiger partial charge is 0.345 e. The molecule has 29 heavy (non-hydrogen) atoms. The number of nitrogens with zero attached hydrogens (tertiary/aromatic N) is 3. The number of hydrogen-bond donors (Lipinski definition) is 1. The van der Waals surface area contributed by atoms with E-state index in [9.17, 15) is 4.79 Å². The van der Waals surface area contributed by atoms with E-state index in [2.05, 4.69) is 26.3 Å². The lowest BCUT2D eigenvalue weighted by molar-refractivity contribution is 0.0955. The van der Waals surface area contributed by atoms with Gasteiger partial charge in [0.15, 0.2) is 0 Å². The lowest BCUT2D eigenvalue weighted by Gasteiger charge is -2.00. The Labute approximate surface area is 178 Å². The predicted molar refractivity (Wildman–Crippen MR) is 119 cm³/mol. The molecular weight excluding hydrogens is 420 g/mol. The smallest absolute Gasteiger partial charge is 0.261 e. The number of aromatic nitrogens is 3. The van der Waals surface area contributed by atoms with E-state index in [4.69, 9.17) is 0 Å². The van der Waals surface area contributed by atoms with Crippen molar-refractivity contribution >= 4 is 50.1 Å². The third-order valence-corrected chi connectivity index (χ3v) is 7.40. The van der Waals surface area contributed by atoms with Crippen LogP contribution in [0.1, 0.15) is 14.7 Å². The van der Waals surface area contributed by atoms with Gasteiger partial charge in [0.2, 0.25) is 0 Å². The van der Waals surface area contributed by atoms with Crippen LogP contribution in [0.4, 0.5) is 0 Å². The SMILES string of the molecule is O=C(NCc1nc(-c2ccncc2)cs1)c1ccc(-c2nc3ccccc3s2)s1. The van der Waals surface area contributed by atoms with E-state index < -0.39 is 0 Å². The highest BCUT2D eigenvalue weighted by Crippen LogP contribution is 2.34. The highest BCUT2D eigenvalue weighted by atomic mass is 32.1. The molecule has 0 aliphatic carbocycles. The van der Waals surface area contributed by atoms with Gasteiger partial charge in [0.1, 0.15) is 10.0 Å². The summed E-state index contributed by atoms with van der Waals surface area (Å²) in [6.45, 7) is 0.406. The molecular formula is C21H14N4OS3. The van der Waals surface area contributed by atoms with Crippen molar-refractivity contribution < 1.29 is 4.79 Å². The summed E-state index contributed by atoms with van der Waals surface area (Å²) in [5.41, 5.74) is 2.91. The maximum Gasteiger partial charge on any atom is 0.261 e. The highest BCUT2D eigenvalue weighted by molar-refractivity contribution is 7.26. The fourth-order valence-electron chi connectivity index (χ4n) is 2.84. The topological polar surface area (TPSA) is 67.8 Å². The molecule has 0 radical (unpaired) electrons. The van der Waals surface area contributed by atoms with Crippen LogP contribution in [0.25, 0.3) is 31.4 Å². The molecule has 0 bridgehead atoms. The van der Waals surface area contributed by atoms with Crippen LogP contribution in [0.15, 0.2) is 66.3 Å². The number of fused-ring (bicyclic) bond motifs is 1. The van der Waals surface area contributed by atoms with Crippen LogP contribution < -0.4 is 5.32 Å². The van der Waals surface area contributed by atoms with E-state index in [-0.39, 0.29) is 5.91 Å². The van der Waals surface area contributed by atoms with Crippen LogP contribution in [-0.4, -0.2) is 20.9 Å². The molecule has 0 aliphatic heterocycles. The van der Waals surface area contributed by atoms with Crippen molar-refractivity contribution in [2.45, 2.75) is 6.54 Å². The number of benzene rings is 1. The Kier molecular flexibility index (Phi) is 4.89. The second kappa shape index (κ2) is 7.82. The quantitative estimate of drug-likeness (QED) is 0.398. The molecule has 0 atom stereocenters. The van der Waals surface area contributed by atoms with Crippen LogP contribution >= 0.6 is 34.0 Å². The van der Waals surface area contributed by atoms with Crippen LogP contribution in [-0.2, 0) is 6.54 Å². The van der Waals surface area contributed by atoms with Gasteiger partial charge in [-0.25, -0.2) is 9.97 Å². The average molecular weight is 435 g/mol. The van der Waals surface area contributed by atoms with Crippen molar-refractivity contribution in [1.82, 2.24) is 20.3 Å². The lowest BCUT2D eigenvalue weighted by atomic mass is 10.2. The number of hydrogen-bond acceptors (Lipinski definition) is 7. The minimum atomic E-state index is -0.0944. The fourth-order valence-corrected chi connectivity index (χ4v) is 5.53. The minimum absolute atomic E-state index is 0.0944. The Morgan fingerprint density at radius 3 is 2.69 bits per heavy atom. The molecule has 0 saturated carbocycles. The van der Waals surface area contributed by atoms with Crippen molar-refractivity contribution in [3.05, 3.63) is 76.2 Å². The van der Waals surface area contributed by atoms with Crippen LogP contribution in [0, 0.1) is 0 Å². The second-order valence-electron chi connectivity index (χ2n) is 6.20. The summed E-state index contributed by atoms with van der Waals surface area (Å²) in [7, 11) is 0. The molecule has 5 aromatic rings. The lowest BCUT2D eigenvalue weighted by Crippen LogP contribution is -2.21. The molecule has 0 saturated heterocycles. The third kappa shape index (κ3) is 3.82. The zero-order valence-corrected chi connectivity index (χ0v) is 17.5. The van der Waals surface area contributed by atoms with E-state index >= 15 is 0 Å². The Morgan fingerprint density at radius 2 is 1.83 bits per heavy atom. The summed E-state index contributed by atoms with van der Waals surface area (Å²) in [6.07, 6.45) is 3.49.